The second kappa shape index (κ2) is 7.08. The van der Waals surface area contributed by atoms with E-state index in [1.165, 1.54) is 0 Å². The third-order valence-electron chi connectivity index (χ3n) is 2.73. The molecule has 0 aliphatic carbocycles. The molecular formula is C12H14ClF3N2OS. The number of thioether (sulfide) groups is 1. The van der Waals surface area contributed by atoms with Crippen LogP contribution < -0.4 is 10.6 Å². The van der Waals surface area contributed by atoms with Gasteiger partial charge in [-0.3, -0.25) is 4.79 Å². The summed E-state index contributed by atoms with van der Waals surface area (Å²) in [6, 6.07) is 5.27. The Morgan fingerprint density at radius 2 is 2.15 bits per heavy atom. The number of nitrogens with one attached hydrogen (secondary N) is 2. The number of carbonyl (C=O) groups excluding carboxylic acids is 1. The van der Waals surface area contributed by atoms with Crippen LogP contribution in [0.1, 0.15) is 15.9 Å². The van der Waals surface area contributed by atoms with Crippen molar-refractivity contribution < 1.29 is 18.0 Å². The van der Waals surface area contributed by atoms with Crippen molar-refractivity contribution in [3.8, 4) is 0 Å². The molecule has 0 radical (unpaired) electrons. The van der Waals surface area contributed by atoms with Crippen LogP contribution in [-0.2, 0) is 6.42 Å². The van der Waals surface area contributed by atoms with Crippen LogP contribution in [0.5, 0.6) is 0 Å². The molecule has 112 valence electrons. The summed E-state index contributed by atoms with van der Waals surface area (Å²) in [5, 5.41) is 5.66. The van der Waals surface area contributed by atoms with Gasteiger partial charge in [0.05, 0.1) is 0 Å². The van der Waals surface area contributed by atoms with Gasteiger partial charge in [0.1, 0.15) is 0 Å². The third kappa shape index (κ3) is 4.79. The number of amides is 1. The van der Waals surface area contributed by atoms with E-state index >= 15 is 0 Å². The van der Waals surface area contributed by atoms with Gasteiger partial charge >= 0.3 is 5.51 Å². The zero-order valence-corrected chi connectivity index (χ0v) is 12.1. The maximum atomic E-state index is 11.9. The summed E-state index contributed by atoms with van der Waals surface area (Å²) in [5.74, 6) is -0.515. The molecule has 2 N–H and O–H groups in total. The van der Waals surface area contributed by atoms with Crippen LogP contribution in [0.2, 0.25) is 0 Å². The molecule has 8 heteroatoms. The monoisotopic (exact) mass is 326 g/mol. The summed E-state index contributed by atoms with van der Waals surface area (Å²) in [6.07, 6.45) is 0.861. The van der Waals surface area contributed by atoms with Crippen LogP contribution in [0.25, 0.3) is 0 Å². The SMILES string of the molecule is Cl.O=C(NCCSC(F)(F)F)c1ccc2c(c1)CCN2. The maximum Gasteiger partial charge on any atom is 0.441 e. The largest absolute Gasteiger partial charge is 0.441 e. The van der Waals surface area contributed by atoms with Crippen molar-refractivity contribution in [1.82, 2.24) is 5.32 Å². The summed E-state index contributed by atoms with van der Waals surface area (Å²) in [4.78, 5) is 11.7. The average Bonchev–Trinajstić information content (AvgIpc) is 2.80. The molecule has 0 spiro atoms. The van der Waals surface area contributed by atoms with Gasteiger partial charge in [-0.25, -0.2) is 0 Å². The van der Waals surface area contributed by atoms with Gasteiger partial charge < -0.3 is 10.6 Å². The first-order valence-electron chi connectivity index (χ1n) is 5.81. The Balaban J connectivity index is 0.00000200. The molecule has 0 fully saturated rings. The first-order chi connectivity index (χ1) is 8.96. The predicted molar refractivity (Wildman–Crippen MR) is 76.7 cm³/mol. The number of hydrogen-bond acceptors (Lipinski definition) is 3. The molecule has 1 aromatic rings. The van der Waals surface area contributed by atoms with Gasteiger partial charge in [0.15, 0.2) is 0 Å². The first kappa shape index (κ1) is 17.0. The number of fused-ring (bicyclic) bond motifs is 1. The van der Waals surface area contributed by atoms with Crippen LogP contribution in [0.4, 0.5) is 18.9 Å². The summed E-state index contributed by atoms with van der Waals surface area (Å²) in [5.41, 5.74) is -1.68. The Morgan fingerprint density at radius 3 is 2.85 bits per heavy atom. The van der Waals surface area contributed by atoms with Crippen LogP contribution in [0, 0.1) is 0 Å². The molecule has 1 aliphatic heterocycles. The molecule has 0 atom stereocenters. The van der Waals surface area contributed by atoms with Crippen LogP contribution >= 0.6 is 24.2 Å². The minimum Gasteiger partial charge on any atom is -0.384 e. The Labute approximate surface area is 125 Å². The highest BCUT2D eigenvalue weighted by atomic mass is 35.5. The van der Waals surface area contributed by atoms with E-state index in [4.69, 9.17) is 0 Å². The van der Waals surface area contributed by atoms with Crippen molar-refractivity contribution >= 4 is 35.8 Å². The van der Waals surface area contributed by atoms with Crippen molar-refractivity contribution in [2.45, 2.75) is 11.9 Å². The number of anilines is 1. The minimum absolute atomic E-state index is 0. The topological polar surface area (TPSA) is 41.1 Å². The van der Waals surface area contributed by atoms with Gasteiger partial charge in [0.25, 0.3) is 5.91 Å². The summed E-state index contributed by atoms with van der Waals surface area (Å²) in [6.45, 7) is 0.848. The van der Waals surface area contributed by atoms with Crippen molar-refractivity contribution in [2.24, 2.45) is 0 Å². The second-order valence-corrected chi connectivity index (χ2v) is 5.26. The van der Waals surface area contributed by atoms with E-state index in [0.717, 1.165) is 24.2 Å². The Kier molecular flexibility index (Phi) is 6.01. The Morgan fingerprint density at radius 1 is 1.40 bits per heavy atom. The number of rotatable bonds is 4. The average molecular weight is 327 g/mol. The zero-order valence-electron chi connectivity index (χ0n) is 10.4. The third-order valence-corrected chi connectivity index (χ3v) is 3.47. The van der Waals surface area contributed by atoms with E-state index in [0.29, 0.717) is 5.56 Å². The Hall–Kier alpha value is -1.08. The summed E-state index contributed by atoms with van der Waals surface area (Å²) < 4.78 is 35.7. The van der Waals surface area contributed by atoms with Gasteiger partial charge in [0.2, 0.25) is 0 Å². The summed E-state index contributed by atoms with van der Waals surface area (Å²) in [7, 11) is 0. The lowest BCUT2D eigenvalue weighted by Gasteiger charge is -2.08. The number of carbonyl (C=O) groups is 1. The van der Waals surface area contributed by atoms with Gasteiger partial charge in [-0.1, -0.05) is 0 Å². The standard InChI is InChI=1S/C12H13F3N2OS.ClH/c13-12(14,15)19-6-5-17-11(18)9-1-2-10-8(7-9)3-4-16-10;/h1-2,7,16H,3-6H2,(H,17,18);1H. The van der Waals surface area contributed by atoms with Crippen molar-refractivity contribution in [1.29, 1.82) is 0 Å². The molecule has 1 amide bonds. The molecule has 1 aromatic carbocycles. The highest BCUT2D eigenvalue weighted by Crippen LogP contribution is 2.29. The quantitative estimate of drug-likeness (QED) is 0.836. The van der Waals surface area contributed by atoms with Crippen LogP contribution in [0.3, 0.4) is 0 Å². The number of hydrogen-bond donors (Lipinski definition) is 2. The molecule has 0 saturated heterocycles. The first-order valence-corrected chi connectivity index (χ1v) is 6.80. The van der Waals surface area contributed by atoms with E-state index < -0.39 is 5.51 Å². The van der Waals surface area contributed by atoms with E-state index in [1.54, 1.807) is 12.1 Å². The van der Waals surface area contributed by atoms with E-state index in [2.05, 4.69) is 10.6 Å². The number of halogens is 4. The van der Waals surface area contributed by atoms with Gasteiger partial charge in [-0.2, -0.15) is 13.2 Å². The smallest absolute Gasteiger partial charge is 0.384 e. The highest BCUT2D eigenvalue weighted by molar-refractivity contribution is 8.00. The molecule has 1 heterocycles. The predicted octanol–water partition coefficient (Wildman–Crippen LogP) is 3.06. The van der Waals surface area contributed by atoms with Gasteiger partial charge in [-0.05, 0) is 41.9 Å². The lowest BCUT2D eigenvalue weighted by Crippen LogP contribution is -2.26. The molecule has 0 bridgehead atoms. The second-order valence-electron chi connectivity index (χ2n) is 4.10. The molecule has 20 heavy (non-hydrogen) atoms. The van der Waals surface area contributed by atoms with Gasteiger partial charge in [0, 0.05) is 30.1 Å². The molecule has 0 saturated carbocycles. The number of benzene rings is 1. The van der Waals surface area contributed by atoms with Crippen molar-refractivity contribution in [2.75, 3.05) is 24.2 Å². The molecule has 0 unspecified atom stereocenters. The van der Waals surface area contributed by atoms with Crippen molar-refractivity contribution in [3.05, 3.63) is 29.3 Å². The molecule has 3 nitrogen and oxygen atoms in total. The van der Waals surface area contributed by atoms with Crippen molar-refractivity contribution in [3.63, 3.8) is 0 Å². The zero-order chi connectivity index (χ0) is 13.9. The highest BCUT2D eigenvalue weighted by Gasteiger charge is 2.27. The minimum atomic E-state index is -4.25. The van der Waals surface area contributed by atoms with E-state index in [9.17, 15) is 18.0 Å². The molecule has 2 rings (SSSR count). The Bertz CT molecular complexity index is 482. The fraction of sp³-hybridized carbons (Fsp3) is 0.417. The number of alkyl halides is 3. The normalized spacial score (nSPS) is 13.2. The van der Waals surface area contributed by atoms with Crippen LogP contribution in [0.15, 0.2) is 18.2 Å². The molecular weight excluding hydrogens is 313 g/mol. The van der Waals surface area contributed by atoms with Gasteiger partial charge in [-0.15, -0.1) is 12.4 Å². The lowest BCUT2D eigenvalue weighted by molar-refractivity contribution is -0.0327. The fourth-order valence-corrected chi connectivity index (χ4v) is 2.32. The maximum absolute atomic E-state index is 11.9. The van der Waals surface area contributed by atoms with E-state index in [1.807, 2.05) is 6.07 Å². The summed E-state index contributed by atoms with van der Waals surface area (Å²) >= 11 is -0.134. The van der Waals surface area contributed by atoms with Crippen LogP contribution in [-0.4, -0.2) is 30.3 Å². The fourth-order valence-electron chi connectivity index (χ4n) is 1.88. The molecule has 1 aliphatic rings. The lowest BCUT2D eigenvalue weighted by atomic mass is 10.1. The molecule has 0 aromatic heterocycles. The van der Waals surface area contributed by atoms with E-state index in [-0.39, 0.29) is 42.4 Å².